The fraction of sp³-hybridized carbons (Fsp3) is 0.316. The molecule has 2 N–H and O–H groups in total. The molecule has 0 atom stereocenters. The fourth-order valence-corrected chi connectivity index (χ4v) is 4.55. The highest BCUT2D eigenvalue weighted by atomic mass is 32.2. The van der Waals surface area contributed by atoms with Crippen LogP contribution in [0.3, 0.4) is 0 Å². The average Bonchev–Trinajstić information content (AvgIpc) is 2.75. The maximum Gasteiger partial charge on any atom is 0.270 e. The Kier molecular flexibility index (Phi) is 6.65. The van der Waals surface area contributed by atoms with Crippen LogP contribution in [0.15, 0.2) is 52.5 Å². The largest absolute Gasteiger partial charge is 0.508 e. The monoisotopic (exact) mass is 434 g/mol. The molecule has 1 aliphatic rings. The number of nitro benzene ring substituents is 1. The van der Waals surface area contributed by atoms with Crippen LogP contribution >= 0.6 is 0 Å². The fourth-order valence-electron chi connectivity index (χ4n) is 2.99. The molecule has 1 aliphatic heterocycles. The van der Waals surface area contributed by atoms with Gasteiger partial charge in [0.25, 0.3) is 5.69 Å². The van der Waals surface area contributed by atoms with Gasteiger partial charge in [-0.05, 0) is 42.3 Å². The number of phenols is 1. The van der Waals surface area contributed by atoms with Crippen LogP contribution in [0.25, 0.3) is 0 Å². The van der Waals surface area contributed by atoms with Crippen molar-refractivity contribution >= 4 is 27.1 Å². The Balaban J connectivity index is 1.99. The minimum Gasteiger partial charge on any atom is -0.508 e. The number of phenolic OH excluding ortho intramolecular Hbond substituents is 1. The zero-order valence-electron chi connectivity index (χ0n) is 16.3. The molecule has 2 aromatic carbocycles. The van der Waals surface area contributed by atoms with E-state index in [-0.39, 0.29) is 48.3 Å². The molecule has 1 heterocycles. The van der Waals surface area contributed by atoms with Crippen molar-refractivity contribution in [1.82, 2.24) is 4.31 Å². The van der Waals surface area contributed by atoms with Crippen LogP contribution in [0, 0.1) is 10.1 Å². The molecule has 10 nitrogen and oxygen atoms in total. The second kappa shape index (κ2) is 9.20. The first-order chi connectivity index (χ1) is 14.3. The Bertz CT molecular complexity index is 1050. The molecule has 0 amide bonds. The third-order valence-corrected chi connectivity index (χ3v) is 6.55. The van der Waals surface area contributed by atoms with Crippen molar-refractivity contribution in [2.24, 2.45) is 5.10 Å². The van der Waals surface area contributed by atoms with Crippen LogP contribution < -0.4 is 5.43 Å². The first-order valence-corrected chi connectivity index (χ1v) is 10.7. The zero-order chi connectivity index (χ0) is 21.7. The van der Waals surface area contributed by atoms with E-state index in [9.17, 15) is 23.6 Å². The molecule has 0 aliphatic carbocycles. The lowest BCUT2D eigenvalue weighted by atomic mass is 10.1. The van der Waals surface area contributed by atoms with Crippen LogP contribution in [0.1, 0.15) is 18.9 Å². The highest BCUT2D eigenvalue weighted by molar-refractivity contribution is 7.89. The van der Waals surface area contributed by atoms with Crippen molar-refractivity contribution in [3.63, 3.8) is 0 Å². The summed E-state index contributed by atoms with van der Waals surface area (Å²) in [5, 5.41) is 25.0. The first-order valence-electron chi connectivity index (χ1n) is 9.31. The number of non-ortho nitro benzene ring substituents is 1. The number of morpholine rings is 1. The van der Waals surface area contributed by atoms with Gasteiger partial charge in [-0.3, -0.25) is 15.5 Å². The van der Waals surface area contributed by atoms with Gasteiger partial charge >= 0.3 is 0 Å². The summed E-state index contributed by atoms with van der Waals surface area (Å²) in [7, 11) is -3.99. The maximum atomic E-state index is 13.1. The van der Waals surface area contributed by atoms with Gasteiger partial charge < -0.3 is 9.84 Å². The summed E-state index contributed by atoms with van der Waals surface area (Å²) < 4.78 is 32.7. The average molecular weight is 434 g/mol. The number of sulfonamides is 1. The van der Waals surface area contributed by atoms with Crippen LogP contribution in [0.2, 0.25) is 0 Å². The molecule has 0 bridgehead atoms. The first kappa shape index (κ1) is 21.7. The number of benzene rings is 2. The van der Waals surface area contributed by atoms with Gasteiger partial charge in [-0.25, -0.2) is 8.42 Å². The highest BCUT2D eigenvalue weighted by Crippen LogP contribution is 2.29. The Labute approximate surface area is 174 Å². The number of rotatable bonds is 7. The second-order valence-electron chi connectivity index (χ2n) is 6.52. The van der Waals surface area contributed by atoms with Crippen LogP contribution in [0.4, 0.5) is 11.4 Å². The molecule has 0 spiro atoms. The van der Waals surface area contributed by atoms with Gasteiger partial charge in [-0.1, -0.05) is 6.92 Å². The maximum absolute atomic E-state index is 13.1. The molecular formula is C19H22N4O6S. The lowest BCUT2D eigenvalue weighted by molar-refractivity contribution is -0.385. The number of hydrazone groups is 1. The lowest BCUT2D eigenvalue weighted by Gasteiger charge is -2.26. The summed E-state index contributed by atoms with van der Waals surface area (Å²) in [5.74, 6) is 0.122. The smallest absolute Gasteiger partial charge is 0.270 e. The number of hydrogen-bond donors (Lipinski definition) is 2. The normalized spacial score (nSPS) is 15.7. The van der Waals surface area contributed by atoms with E-state index in [4.69, 9.17) is 4.74 Å². The Hall–Kier alpha value is -3.02. The minimum atomic E-state index is -3.99. The predicted octanol–water partition coefficient (Wildman–Crippen LogP) is 2.55. The molecular weight excluding hydrogens is 412 g/mol. The summed E-state index contributed by atoms with van der Waals surface area (Å²) >= 11 is 0. The summed E-state index contributed by atoms with van der Waals surface area (Å²) in [6, 6.07) is 10.0. The van der Waals surface area contributed by atoms with E-state index in [1.165, 1.54) is 28.6 Å². The molecule has 1 fully saturated rings. The molecule has 30 heavy (non-hydrogen) atoms. The molecule has 160 valence electrons. The SMILES string of the molecule is CCC(=NNc1ccc([N+](=O)[O-])cc1S(=O)(=O)N1CCOCC1)c1ccc(O)cc1. The van der Waals surface area contributed by atoms with Crippen LogP contribution in [-0.2, 0) is 14.8 Å². The molecule has 0 aromatic heterocycles. The van der Waals surface area contributed by atoms with Gasteiger partial charge in [0.1, 0.15) is 10.6 Å². The van der Waals surface area contributed by atoms with Crippen molar-refractivity contribution in [3.8, 4) is 5.75 Å². The van der Waals surface area contributed by atoms with Crippen molar-refractivity contribution in [3.05, 3.63) is 58.1 Å². The predicted molar refractivity (Wildman–Crippen MR) is 111 cm³/mol. The van der Waals surface area contributed by atoms with E-state index in [1.54, 1.807) is 12.1 Å². The summed E-state index contributed by atoms with van der Waals surface area (Å²) in [6.45, 7) is 2.74. The number of aromatic hydroxyl groups is 1. The van der Waals surface area contributed by atoms with Gasteiger partial charge in [0.2, 0.25) is 10.0 Å². The van der Waals surface area contributed by atoms with Gasteiger partial charge in [-0.2, -0.15) is 9.41 Å². The zero-order valence-corrected chi connectivity index (χ0v) is 17.1. The van der Waals surface area contributed by atoms with Gasteiger partial charge in [-0.15, -0.1) is 0 Å². The van der Waals surface area contributed by atoms with E-state index in [0.717, 1.165) is 11.6 Å². The standard InChI is InChI=1S/C19H22N4O6S/c1-2-17(14-3-6-16(24)7-4-14)20-21-18-8-5-15(23(25)26)13-19(18)30(27,28)22-9-11-29-12-10-22/h3-8,13,21,24H,2,9-12H2,1H3. The van der Waals surface area contributed by atoms with E-state index >= 15 is 0 Å². The molecule has 3 rings (SSSR count). The summed E-state index contributed by atoms with van der Waals surface area (Å²) in [5.41, 5.74) is 3.94. The second-order valence-corrected chi connectivity index (χ2v) is 8.43. The van der Waals surface area contributed by atoms with E-state index in [2.05, 4.69) is 10.5 Å². The Morgan fingerprint density at radius 2 is 1.90 bits per heavy atom. The summed E-state index contributed by atoms with van der Waals surface area (Å²) in [4.78, 5) is 10.3. The third kappa shape index (κ3) is 4.75. The van der Waals surface area contributed by atoms with E-state index in [0.29, 0.717) is 12.1 Å². The number of ether oxygens (including phenoxy) is 1. The number of anilines is 1. The molecule has 11 heteroatoms. The number of hydrogen-bond acceptors (Lipinski definition) is 8. The van der Waals surface area contributed by atoms with Crippen molar-refractivity contribution < 1.29 is 23.2 Å². The van der Waals surface area contributed by atoms with Crippen molar-refractivity contribution in [2.75, 3.05) is 31.7 Å². The van der Waals surface area contributed by atoms with Crippen LogP contribution in [-0.4, -0.2) is 54.8 Å². The minimum absolute atomic E-state index is 0.122. The van der Waals surface area contributed by atoms with E-state index in [1.807, 2.05) is 6.92 Å². The van der Waals surface area contributed by atoms with Crippen molar-refractivity contribution in [1.29, 1.82) is 0 Å². The Morgan fingerprint density at radius 3 is 2.50 bits per heavy atom. The number of nitro groups is 1. The van der Waals surface area contributed by atoms with Crippen molar-refractivity contribution in [2.45, 2.75) is 18.2 Å². The molecule has 0 radical (unpaired) electrons. The topological polar surface area (TPSA) is 134 Å². The lowest BCUT2D eigenvalue weighted by Crippen LogP contribution is -2.40. The van der Waals surface area contributed by atoms with E-state index < -0.39 is 14.9 Å². The van der Waals surface area contributed by atoms with Crippen LogP contribution in [0.5, 0.6) is 5.75 Å². The number of nitrogens with one attached hydrogen (secondary N) is 1. The Morgan fingerprint density at radius 1 is 1.23 bits per heavy atom. The molecule has 0 unspecified atom stereocenters. The van der Waals surface area contributed by atoms with Gasteiger partial charge in [0, 0.05) is 25.2 Å². The molecule has 2 aromatic rings. The summed E-state index contributed by atoms with van der Waals surface area (Å²) in [6.07, 6.45) is 0.538. The highest BCUT2D eigenvalue weighted by Gasteiger charge is 2.30. The molecule has 0 saturated carbocycles. The van der Waals surface area contributed by atoms with Gasteiger partial charge in [0.05, 0.1) is 29.5 Å². The quantitative estimate of drug-likeness (QED) is 0.388. The van der Waals surface area contributed by atoms with Gasteiger partial charge in [0.15, 0.2) is 0 Å². The number of nitrogens with zero attached hydrogens (tertiary/aromatic N) is 3. The molecule has 1 saturated heterocycles. The third-order valence-electron chi connectivity index (χ3n) is 4.61.